The van der Waals surface area contributed by atoms with Gasteiger partial charge in [0.1, 0.15) is 5.76 Å². The first kappa shape index (κ1) is 20.4. The number of aromatic nitrogens is 2. The van der Waals surface area contributed by atoms with Gasteiger partial charge in [-0.3, -0.25) is 4.79 Å². The fourth-order valence-electron chi connectivity index (χ4n) is 4.53. The van der Waals surface area contributed by atoms with Crippen molar-refractivity contribution < 1.29 is 9.21 Å². The van der Waals surface area contributed by atoms with Gasteiger partial charge in [-0.1, -0.05) is 42.0 Å². The van der Waals surface area contributed by atoms with E-state index in [4.69, 9.17) is 9.40 Å². The molecule has 0 saturated carbocycles. The van der Waals surface area contributed by atoms with E-state index in [1.807, 2.05) is 18.2 Å². The molecule has 1 amide bonds. The number of amides is 1. The van der Waals surface area contributed by atoms with Gasteiger partial charge in [0.25, 0.3) is 0 Å². The second kappa shape index (κ2) is 8.91. The summed E-state index contributed by atoms with van der Waals surface area (Å²) in [5, 5.41) is 3.01. The summed E-state index contributed by atoms with van der Waals surface area (Å²) in [6.07, 6.45) is 3.26. The van der Waals surface area contributed by atoms with Crippen molar-refractivity contribution in [2.24, 2.45) is 5.92 Å². The largest absolute Gasteiger partial charge is 0.467 e. The molecule has 2 aromatic carbocycles. The highest BCUT2D eigenvalue weighted by Gasteiger charge is 2.27. The molecule has 1 aliphatic heterocycles. The van der Waals surface area contributed by atoms with Gasteiger partial charge in [0.05, 0.1) is 30.4 Å². The first-order valence-corrected chi connectivity index (χ1v) is 11.2. The van der Waals surface area contributed by atoms with Crippen LogP contribution in [0.15, 0.2) is 71.3 Å². The van der Waals surface area contributed by atoms with E-state index >= 15 is 0 Å². The lowest BCUT2D eigenvalue weighted by Crippen LogP contribution is -2.41. The topological polar surface area (TPSA) is 63.3 Å². The number of para-hydroxylation sites is 2. The summed E-state index contributed by atoms with van der Waals surface area (Å²) in [6, 6.07) is 20.6. The van der Waals surface area contributed by atoms with Crippen LogP contribution < -0.4 is 10.2 Å². The van der Waals surface area contributed by atoms with Crippen LogP contribution in [0.25, 0.3) is 11.0 Å². The molecule has 1 fully saturated rings. The van der Waals surface area contributed by atoms with Crippen LogP contribution in [0.2, 0.25) is 0 Å². The van der Waals surface area contributed by atoms with Crippen molar-refractivity contribution >= 4 is 22.9 Å². The average molecular weight is 429 g/mol. The van der Waals surface area contributed by atoms with Crippen molar-refractivity contribution in [1.82, 2.24) is 14.9 Å². The number of carbonyl (C=O) groups is 1. The van der Waals surface area contributed by atoms with Gasteiger partial charge in [0.2, 0.25) is 11.9 Å². The first-order valence-electron chi connectivity index (χ1n) is 11.2. The Kier molecular flexibility index (Phi) is 5.67. The maximum Gasteiger partial charge on any atom is 0.223 e. The summed E-state index contributed by atoms with van der Waals surface area (Å²) in [4.78, 5) is 19.9. The zero-order valence-corrected chi connectivity index (χ0v) is 18.3. The second-order valence-electron chi connectivity index (χ2n) is 8.53. The van der Waals surface area contributed by atoms with Gasteiger partial charge in [-0.2, -0.15) is 0 Å². The van der Waals surface area contributed by atoms with Crippen LogP contribution in [0, 0.1) is 12.8 Å². The SMILES string of the molecule is Cc1cccc(Cn2c(N3CCC(C(=O)NCc4ccco4)CC3)nc3ccccc32)c1. The Balaban J connectivity index is 1.31. The maximum absolute atomic E-state index is 12.6. The minimum atomic E-state index is 0.0239. The van der Waals surface area contributed by atoms with Crippen molar-refractivity contribution in [3.8, 4) is 0 Å². The fourth-order valence-corrected chi connectivity index (χ4v) is 4.53. The lowest BCUT2D eigenvalue weighted by Gasteiger charge is -2.32. The van der Waals surface area contributed by atoms with Crippen molar-refractivity contribution in [1.29, 1.82) is 0 Å². The monoisotopic (exact) mass is 428 g/mol. The highest BCUT2D eigenvalue weighted by molar-refractivity contribution is 5.80. The molecule has 1 aliphatic rings. The molecule has 0 spiro atoms. The number of carbonyl (C=O) groups excluding carboxylic acids is 1. The molecule has 6 heteroatoms. The van der Waals surface area contributed by atoms with Crippen LogP contribution in [0.1, 0.15) is 29.7 Å². The molecule has 0 bridgehead atoms. The summed E-state index contributed by atoms with van der Waals surface area (Å²) < 4.78 is 7.62. The molecule has 0 aliphatic carbocycles. The summed E-state index contributed by atoms with van der Waals surface area (Å²) in [7, 11) is 0. The van der Waals surface area contributed by atoms with Crippen LogP contribution in [-0.4, -0.2) is 28.5 Å². The molecular weight excluding hydrogens is 400 g/mol. The van der Waals surface area contributed by atoms with Gasteiger partial charge in [-0.15, -0.1) is 0 Å². The summed E-state index contributed by atoms with van der Waals surface area (Å²) in [5.41, 5.74) is 4.67. The first-order chi connectivity index (χ1) is 15.7. The Hall–Kier alpha value is -3.54. The number of hydrogen-bond acceptors (Lipinski definition) is 4. The normalized spacial score (nSPS) is 14.7. The van der Waals surface area contributed by atoms with Crippen molar-refractivity contribution in [2.45, 2.75) is 32.9 Å². The quantitative estimate of drug-likeness (QED) is 0.491. The van der Waals surface area contributed by atoms with Crippen molar-refractivity contribution in [2.75, 3.05) is 18.0 Å². The third kappa shape index (κ3) is 4.26. The minimum Gasteiger partial charge on any atom is -0.467 e. The highest BCUT2D eigenvalue weighted by atomic mass is 16.3. The van der Waals surface area contributed by atoms with Gasteiger partial charge in [-0.25, -0.2) is 4.98 Å². The second-order valence-corrected chi connectivity index (χ2v) is 8.53. The zero-order valence-electron chi connectivity index (χ0n) is 18.3. The molecule has 3 heterocycles. The van der Waals surface area contributed by atoms with Gasteiger partial charge in [0.15, 0.2) is 0 Å². The molecule has 1 saturated heterocycles. The fraction of sp³-hybridized carbons (Fsp3) is 0.308. The van der Waals surface area contributed by atoms with Gasteiger partial charge < -0.3 is 19.2 Å². The molecule has 4 aromatic rings. The number of nitrogens with zero attached hydrogens (tertiary/aromatic N) is 3. The van der Waals surface area contributed by atoms with Gasteiger partial charge in [0, 0.05) is 19.0 Å². The van der Waals surface area contributed by atoms with Gasteiger partial charge in [-0.05, 0) is 49.6 Å². The van der Waals surface area contributed by atoms with Gasteiger partial charge >= 0.3 is 0 Å². The molecule has 164 valence electrons. The summed E-state index contributed by atoms with van der Waals surface area (Å²) in [6.45, 7) is 4.98. The molecule has 32 heavy (non-hydrogen) atoms. The number of piperidine rings is 1. The van der Waals surface area contributed by atoms with E-state index < -0.39 is 0 Å². The predicted molar refractivity (Wildman–Crippen MR) is 126 cm³/mol. The molecular formula is C26H28N4O2. The molecule has 1 N–H and O–H groups in total. The van der Waals surface area contributed by atoms with E-state index in [-0.39, 0.29) is 11.8 Å². The number of furan rings is 1. The lowest BCUT2D eigenvalue weighted by atomic mass is 9.96. The number of hydrogen-bond donors (Lipinski definition) is 1. The minimum absolute atomic E-state index is 0.0239. The van der Waals surface area contributed by atoms with E-state index in [0.29, 0.717) is 6.54 Å². The van der Waals surface area contributed by atoms with E-state index in [1.165, 1.54) is 11.1 Å². The molecule has 0 radical (unpaired) electrons. The van der Waals surface area contributed by atoms with Crippen LogP contribution >= 0.6 is 0 Å². The third-order valence-electron chi connectivity index (χ3n) is 6.22. The highest BCUT2D eigenvalue weighted by Crippen LogP contribution is 2.28. The van der Waals surface area contributed by atoms with E-state index in [1.54, 1.807) is 6.26 Å². The number of rotatable bonds is 6. The van der Waals surface area contributed by atoms with E-state index in [2.05, 4.69) is 64.2 Å². The third-order valence-corrected chi connectivity index (χ3v) is 6.22. The van der Waals surface area contributed by atoms with Crippen LogP contribution in [0.5, 0.6) is 0 Å². The average Bonchev–Trinajstić information content (AvgIpc) is 3.46. The molecule has 0 unspecified atom stereocenters. The summed E-state index contributed by atoms with van der Waals surface area (Å²) in [5.74, 6) is 1.90. The van der Waals surface area contributed by atoms with E-state index in [0.717, 1.165) is 55.2 Å². The molecule has 0 atom stereocenters. The molecule has 6 nitrogen and oxygen atoms in total. The molecule has 2 aromatic heterocycles. The Morgan fingerprint density at radius 1 is 1.09 bits per heavy atom. The number of nitrogens with one attached hydrogen (secondary N) is 1. The van der Waals surface area contributed by atoms with E-state index in [9.17, 15) is 4.79 Å². The number of fused-ring (bicyclic) bond motifs is 1. The number of aryl methyl sites for hydroxylation is 1. The Bertz CT molecular complexity index is 1200. The number of benzene rings is 2. The zero-order chi connectivity index (χ0) is 21.9. The molecule has 5 rings (SSSR count). The number of anilines is 1. The maximum atomic E-state index is 12.6. The van der Waals surface area contributed by atoms with Crippen LogP contribution in [0.4, 0.5) is 5.95 Å². The van der Waals surface area contributed by atoms with Crippen LogP contribution in [0.3, 0.4) is 0 Å². The Labute approximate surface area is 187 Å². The Morgan fingerprint density at radius 2 is 1.94 bits per heavy atom. The van der Waals surface area contributed by atoms with Crippen LogP contribution in [-0.2, 0) is 17.9 Å². The predicted octanol–water partition coefficient (Wildman–Crippen LogP) is 4.52. The standard InChI is InChI=1S/C26H28N4O2/c1-19-6-4-7-20(16-19)18-30-24-10-3-2-9-23(24)28-26(30)29-13-11-21(12-14-29)25(31)27-17-22-8-5-15-32-22/h2-10,15-16,21H,11-14,17-18H2,1H3,(H,27,31). The smallest absolute Gasteiger partial charge is 0.223 e. The van der Waals surface area contributed by atoms with Crippen molar-refractivity contribution in [3.63, 3.8) is 0 Å². The summed E-state index contributed by atoms with van der Waals surface area (Å²) >= 11 is 0. The Morgan fingerprint density at radius 3 is 2.72 bits per heavy atom. The van der Waals surface area contributed by atoms with Crippen molar-refractivity contribution in [3.05, 3.63) is 83.8 Å². The lowest BCUT2D eigenvalue weighted by molar-refractivity contribution is -0.125. The number of imidazole rings is 1.